The van der Waals surface area contributed by atoms with Crippen molar-refractivity contribution in [1.82, 2.24) is 0 Å². The van der Waals surface area contributed by atoms with Gasteiger partial charge < -0.3 is 10.6 Å². The van der Waals surface area contributed by atoms with Crippen molar-refractivity contribution in [3.8, 4) is 0 Å². The van der Waals surface area contributed by atoms with E-state index < -0.39 is 22.4 Å². The standard InChI is InChI=1S/C26H33N5O3S/c1-4-22(13-10-18-29-30-28)35(32)34-33-26(23(27)5-2)19(3)31-24-14-8-6-11-20(24)16-17-21-12-7-9-15-25(21)31/h4,6-12,14-15,18-19,22-23,26H,1,5,13,16-17,27H2,2-3H3/b18-10+/t19?,22?,23?,26-,35?/m1/s1. The second-order valence-corrected chi connectivity index (χ2v) is 9.69. The second kappa shape index (κ2) is 13.2. The molecule has 0 spiro atoms. The van der Waals surface area contributed by atoms with Crippen molar-refractivity contribution in [2.45, 2.75) is 63.0 Å². The van der Waals surface area contributed by atoms with Crippen LogP contribution in [0.5, 0.6) is 0 Å². The molecule has 2 aromatic carbocycles. The summed E-state index contributed by atoms with van der Waals surface area (Å²) in [5, 5.41) is 2.80. The monoisotopic (exact) mass is 495 g/mol. The van der Waals surface area contributed by atoms with Crippen molar-refractivity contribution in [2.24, 2.45) is 10.8 Å². The van der Waals surface area contributed by atoms with E-state index in [0.29, 0.717) is 12.8 Å². The molecule has 186 valence electrons. The Balaban J connectivity index is 1.87. The van der Waals surface area contributed by atoms with E-state index in [2.05, 4.69) is 64.8 Å². The fourth-order valence-electron chi connectivity index (χ4n) is 4.30. The summed E-state index contributed by atoms with van der Waals surface area (Å²) in [6.45, 7) is 7.77. The van der Waals surface area contributed by atoms with Gasteiger partial charge in [-0.15, -0.1) is 10.9 Å². The Kier molecular flexibility index (Phi) is 10.1. The summed E-state index contributed by atoms with van der Waals surface area (Å²) in [5.41, 5.74) is 19.6. The molecule has 0 saturated carbocycles. The number of azide groups is 1. The molecule has 0 radical (unpaired) electrons. The predicted molar refractivity (Wildman–Crippen MR) is 141 cm³/mol. The maximum atomic E-state index is 12.8. The molecule has 4 unspecified atom stereocenters. The highest BCUT2D eigenvalue weighted by Crippen LogP contribution is 2.38. The summed E-state index contributed by atoms with van der Waals surface area (Å²) in [6.07, 6.45) is 6.73. The summed E-state index contributed by atoms with van der Waals surface area (Å²) in [7, 11) is 0. The third-order valence-corrected chi connectivity index (χ3v) is 7.35. The molecule has 9 heteroatoms. The van der Waals surface area contributed by atoms with Crippen LogP contribution in [0, 0.1) is 0 Å². The summed E-state index contributed by atoms with van der Waals surface area (Å²) < 4.78 is 18.2. The zero-order chi connectivity index (χ0) is 25.2. The van der Waals surface area contributed by atoms with E-state index in [1.807, 2.05) is 19.1 Å². The van der Waals surface area contributed by atoms with Crippen molar-refractivity contribution >= 4 is 22.5 Å². The Morgan fingerprint density at radius 3 is 2.34 bits per heavy atom. The maximum Gasteiger partial charge on any atom is 0.194 e. The van der Waals surface area contributed by atoms with Gasteiger partial charge in [-0.1, -0.05) is 60.6 Å². The molecule has 0 bridgehead atoms. The minimum atomic E-state index is -1.82. The highest BCUT2D eigenvalue weighted by atomic mass is 32.2. The first kappa shape index (κ1) is 26.7. The van der Waals surface area contributed by atoms with Crippen LogP contribution < -0.4 is 10.6 Å². The summed E-state index contributed by atoms with van der Waals surface area (Å²) in [5.74, 6) is 0. The Morgan fingerprint density at radius 1 is 1.20 bits per heavy atom. The average Bonchev–Trinajstić information content (AvgIpc) is 3.05. The van der Waals surface area contributed by atoms with Crippen molar-refractivity contribution in [1.29, 1.82) is 0 Å². The summed E-state index contributed by atoms with van der Waals surface area (Å²) >= 11 is -1.82. The molecule has 1 aliphatic rings. The van der Waals surface area contributed by atoms with Gasteiger partial charge in [0, 0.05) is 22.3 Å². The lowest BCUT2D eigenvalue weighted by atomic mass is 9.99. The molecular weight excluding hydrogens is 462 g/mol. The number of allylic oxidation sites excluding steroid dienone is 1. The van der Waals surface area contributed by atoms with Gasteiger partial charge in [0.25, 0.3) is 0 Å². The number of anilines is 2. The SMILES string of the molecule is C=CC(C/C=C/N=[N+]=[N-])S(=O)OO[C@@H](C(N)CC)C(C)N1c2ccccc2CCc2ccccc21. The molecule has 35 heavy (non-hydrogen) atoms. The van der Waals surface area contributed by atoms with Crippen LogP contribution in [0.3, 0.4) is 0 Å². The van der Waals surface area contributed by atoms with Crippen molar-refractivity contribution in [2.75, 3.05) is 4.90 Å². The van der Waals surface area contributed by atoms with E-state index in [1.165, 1.54) is 23.4 Å². The number of para-hydroxylation sites is 2. The lowest BCUT2D eigenvalue weighted by Crippen LogP contribution is -2.50. The lowest BCUT2D eigenvalue weighted by Gasteiger charge is -2.38. The first-order chi connectivity index (χ1) is 17.0. The zero-order valence-corrected chi connectivity index (χ0v) is 21.0. The van der Waals surface area contributed by atoms with Crippen LogP contribution in [0.25, 0.3) is 10.4 Å². The largest absolute Gasteiger partial charge is 0.335 e. The quantitative estimate of drug-likeness (QED) is 0.0998. The third kappa shape index (κ3) is 6.60. The van der Waals surface area contributed by atoms with Gasteiger partial charge in [-0.05, 0) is 67.6 Å². The Hall–Kier alpha value is -2.94. The van der Waals surface area contributed by atoms with E-state index in [4.69, 9.17) is 20.5 Å². The number of aryl methyl sites for hydroxylation is 2. The minimum absolute atomic E-state index is 0.214. The average molecular weight is 496 g/mol. The van der Waals surface area contributed by atoms with Crippen LogP contribution in [0.2, 0.25) is 0 Å². The van der Waals surface area contributed by atoms with Crippen molar-refractivity contribution < 1.29 is 13.4 Å². The number of hydrogen-bond acceptors (Lipinski definition) is 6. The zero-order valence-electron chi connectivity index (χ0n) is 20.2. The number of nitrogens with two attached hydrogens (primary N) is 1. The number of nitrogens with zero attached hydrogens (tertiary/aromatic N) is 4. The van der Waals surface area contributed by atoms with Crippen LogP contribution in [0.4, 0.5) is 11.4 Å². The molecule has 2 aromatic rings. The van der Waals surface area contributed by atoms with E-state index >= 15 is 0 Å². The first-order valence-corrected chi connectivity index (χ1v) is 12.9. The fraction of sp³-hybridized carbons (Fsp3) is 0.385. The van der Waals surface area contributed by atoms with Crippen LogP contribution in [-0.2, 0) is 33.1 Å². The molecule has 0 aromatic heterocycles. The van der Waals surface area contributed by atoms with Crippen LogP contribution in [0.1, 0.15) is 37.8 Å². The second-order valence-electron chi connectivity index (χ2n) is 8.43. The van der Waals surface area contributed by atoms with Crippen LogP contribution >= 0.6 is 0 Å². The third-order valence-electron chi connectivity index (χ3n) is 6.26. The van der Waals surface area contributed by atoms with Gasteiger partial charge in [-0.3, -0.25) is 0 Å². The van der Waals surface area contributed by atoms with Crippen molar-refractivity contribution in [3.63, 3.8) is 0 Å². The molecule has 5 atom stereocenters. The van der Waals surface area contributed by atoms with Crippen LogP contribution in [0.15, 0.2) is 78.6 Å². The summed E-state index contributed by atoms with van der Waals surface area (Å²) in [6, 6.07) is 16.2. The van der Waals surface area contributed by atoms with E-state index in [9.17, 15) is 4.21 Å². The lowest BCUT2D eigenvalue weighted by molar-refractivity contribution is -0.245. The molecule has 0 saturated heterocycles. The molecular formula is C26H33N5O3S. The first-order valence-electron chi connectivity index (χ1n) is 11.8. The fourth-order valence-corrected chi connectivity index (χ4v) is 5.00. The van der Waals surface area contributed by atoms with Gasteiger partial charge in [0.2, 0.25) is 0 Å². The molecule has 1 aliphatic heterocycles. The summed E-state index contributed by atoms with van der Waals surface area (Å²) in [4.78, 5) is 10.7. The molecule has 0 amide bonds. The van der Waals surface area contributed by atoms with E-state index in [0.717, 1.165) is 24.2 Å². The van der Waals surface area contributed by atoms with Gasteiger partial charge in [0.05, 0.1) is 11.3 Å². The van der Waals surface area contributed by atoms with Gasteiger partial charge >= 0.3 is 0 Å². The Morgan fingerprint density at radius 2 is 1.80 bits per heavy atom. The number of benzene rings is 2. The van der Waals surface area contributed by atoms with Gasteiger partial charge in [-0.25, -0.2) is 9.10 Å². The number of fused-ring (bicyclic) bond motifs is 2. The normalized spacial score (nSPS) is 17.3. The molecule has 0 aliphatic carbocycles. The van der Waals surface area contributed by atoms with Crippen LogP contribution in [-0.4, -0.2) is 27.6 Å². The molecule has 3 rings (SSSR count). The topological polar surface area (TPSA) is 114 Å². The van der Waals surface area contributed by atoms with E-state index in [1.54, 1.807) is 6.08 Å². The highest BCUT2D eigenvalue weighted by molar-refractivity contribution is 7.80. The van der Waals surface area contributed by atoms with Gasteiger partial charge in [0.15, 0.2) is 11.1 Å². The van der Waals surface area contributed by atoms with Gasteiger partial charge in [0.1, 0.15) is 6.10 Å². The molecule has 1 heterocycles. The Bertz CT molecular complexity index is 1050. The molecule has 2 N–H and O–H groups in total. The van der Waals surface area contributed by atoms with E-state index in [-0.39, 0.29) is 12.1 Å². The molecule has 0 fully saturated rings. The minimum Gasteiger partial charge on any atom is -0.335 e. The smallest absolute Gasteiger partial charge is 0.194 e. The maximum absolute atomic E-state index is 12.8. The predicted octanol–water partition coefficient (Wildman–Crippen LogP) is 5.80. The highest BCUT2D eigenvalue weighted by Gasteiger charge is 2.34. The molecule has 8 nitrogen and oxygen atoms in total. The van der Waals surface area contributed by atoms with Gasteiger partial charge in [-0.2, -0.15) is 0 Å². The Labute approximate surface area is 209 Å². The number of hydrogen-bond donors (Lipinski definition) is 1. The number of rotatable bonds is 12. The van der Waals surface area contributed by atoms with Crippen molar-refractivity contribution in [3.05, 3.63) is 95.0 Å².